The predicted octanol–water partition coefficient (Wildman–Crippen LogP) is 3.38. The van der Waals surface area contributed by atoms with E-state index in [9.17, 15) is 0 Å². The average Bonchev–Trinajstić information content (AvgIpc) is 2.82. The Balaban J connectivity index is 0.000000509. The number of nitrogens with zero attached hydrogens (tertiary/aromatic N) is 3. The molecule has 5 heteroatoms. The van der Waals surface area contributed by atoms with Gasteiger partial charge in [-0.05, 0) is 24.4 Å². The molecule has 2 rings (SSSR count). The van der Waals surface area contributed by atoms with Crippen LogP contribution in [0.25, 0.3) is 5.69 Å². The summed E-state index contributed by atoms with van der Waals surface area (Å²) in [5.74, 6) is 0. The Kier molecular flexibility index (Phi) is 7.97. The summed E-state index contributed by atoms with van der Waals surface area (Å²) in [6, 6.07) is 9.65. The van der Waals surface area contributed by atoms with Crippen LogP contribution in [-0.2, 0) is 0 Å². The highest BCUT2D eigenvalue weighted by Crippen LogP contribution is 2.03. The quantitative estimate of drug-likeness (QED) is 0.775. The monoisotopic (exact) mass is 238 g/mol. The van der Waals surface area contributed by atoms with Crippen molar-refractivity contribution in [3.05, 3.63) is 35.1 Å². The number of hydrogen-bond donors (Lipinski definition) is 1. The molecule has 0 bridgehead atoms. The Labute approximate surface area is 101 Å². The zero-order chi connectivity index (χ0) is 12.4. The van der Waals surface area contributed by atoms with Gasteiger partial charge < -0.3 is 0 Å². The first-order valence-corrected chi connectivity index (χ1v) is 5.84. The Hall–Kier alpha value is -1.49. The van der Waals surface area contributed by atoms with E-state index < -0.39 is 0 Å². The Morgan fingerprint density at radius 1 is 1.06 bits per heavy atom. The van der Waals surface area contributed by atoms with Gasteiger partial charge in [-0.15, -0.1) is 0 Å². The minimum absolute atomic E-state index is 0.432. The summed E-state index contributed by atoms with van der Waals surface area (Å²) < 4.78 is 2.07. The number of rotatable bonds is 1. The molecule has 0 spiro atoms. The molecule has 0 aliphatic rings. The van der Waals surface area contributed by atoms with Crippen molar-refractivity contribution >= 4 is 12.2 Å². The number of benzene rings is 1. The Morgan fingerprint density at radius 3 is 2.06 bits per heavy atom. The van der Waals surface area contributed by atoms with E-state index in [0.717, 1.165) is 5.69 Å². The number of tetrazole rings is 1. The second kappa shape index (κ2) is 8.79. The molecule has 0 fully saturated rings. The van der Waals surface area contributed by atoms with Crippen LogP contribution in [-0.4, -0.2) is 20.2 Å². The normalized spacial score (nSPS) is 8.25. The van der Waals surface area contributed by atoms with Gasteiger partial charge in [0.1, 0.15) is 0 Å². The van der Waals surface area contributed by atoms with Crippen LogP contribution >= 0.6 is 12.2 Å². The third-order valence-electron chi connectivity index (χ3n) is 1.49. The van der Waals surface area contributed by atoms with Crippen molar-refractivity contribution < 1.29 is 0 Å². The van der Waals surface area contributed by atoms with Gasteiger partial charge in [-0.3, -0.25) is 0 Å². The van der Waals surface area contributed by atoms with Crippen molar-refractivity contribution in [3.63, 3.8) is 0 Å². The molecule has 0 atom stereocenters. The van der Waals surface area contributed by atoms with Crippen molar-refractivity contribution in [2.75, 3.05) is 0 Å². The number of H-pyrrole nitrogens is 1. The minimum atomic E-state index is 0.432. The fourth-order valence-corrected chi connectivity index (χ4v) is 1.13. The first kappa shape index (κ1) is 14.5. The van der Waals surface area contributed by atoms with Crippen molar-refractivity contribution in [3.8, 4) is 5.69 Å². The Morgan fingerprint density at radius 2 is 1.62 bits per heavy atom. The van der Waals surface area contributed by atoms with Crippen molar-refractivity contribution in [2.45, 2.75) is 27.7 Å². The maximum absolute atomic E-state index is 4.93. The van der Waals surface area contributed by atoms with Gasteiger partial charge in [-0.2, -0.15) is 5.21 Å². The first-order valence-electron chi connectivity index (χ1n) is 5.43. The largest absolute Gasteiger partial charge is 0.242 e. The highest BCUT2D eigenvalue weighted by molar-refractivity contribution is 7.71. The molecule has 4 nitrogen and oxygen atoms in total. The summed E-state index contributed by atoms with van der Waals surface area (Å²) in [7, 11) is 0. The summed E-state index contributed by atoms with van der Waals surface area (Å²) >= 11 is 4.93. The van der Waals surface area contributed by atoms with E-state index in [1.807, 2.05) is 58.0 Å². The number of aromatic nitrogens is 4. The highest BCUT2D eigenvalue weighted by Gasteiger charge is 1.95. The number of aromatic amines is 1. The van der Waals surface area contributed by atoms with E-state index in [4.69, 9.17) is 12.2 Å². The van der Waals surface area contributed by atoms with Crippen molar-refractivity contribution in [1.82, 2.24) is 20.2 Å². The van der Waals surface area contributed by atoms with Crippen LogP contribution < -0.4 is 0 Å². The fourth-order valence-electron chi connectivity index (χ4n) is 0.943. The van der Waals surface area contributed by atoms with Gasteiger partial charge in [0.2, 0.25) is 4.77 Å². The van der Waals surface area contributed by atoms with Gasteiger partial charge in [-0.1, -0.05) is 56.2 Å². The number of para-hydroxylation sites is 1. The molecule has 0 aliphatic heterocycles. The maximum atomic E-state index is 4.93. The zero-order valence-corrected chi connectivity index (χ0v) is 11.0. The molecule has 0 aliphatic carbocycles. The lowest BCUT2D eigenvalue weighted by Crippen LogP contribution is -1.95. The molecule has 0 saturated heterocycles. The van der Waals surface area contributed by atoms with Gasteiger partial charge in [0.05, 0.1) is 5.69 Å². The smallest absolute Gasteiger partial charge is 0.210 e. The summed E-state index contributed by atoms with van der Waals surface area (Å²) in [6.45, 7) is 8.00. The van der Waals surface area contributed by atoms with E-state index in [0.29, 0.717) is 4.77 Å². The van der Waals surface area contributed by atoms with Gasteiger partial charge in [-0.25, -0.2) is 4.68 Å². The summed E-state index contributed by atoms with van der Waals surface area (Å²) in [5, 5.41) is 9.92. The van der Waals surface area contributed by atoms with Crippen LogP contribution in [0.15, 0.2) is 30.3 Å². The summed E-state index contributed by atoms with van der Waals surface area (Å²) in [4.78, 5) is 0. The molecule has 1 aromatic carbocycles. The molecule has 0 unspecified atom stereocenters. The van der Waals surface area contributed by atoms with Crippen LogP contribution in [0, 0.1) is 4.77 Å². The van der Waals surface area contributed by atoms with Crippen molar-refractivity contribution in [1.29, 1.82) is 0 Å². The molecule has 88 valence electrons. The molecule has 0 saturated carbocycles. The van der Waals surface area contributed by atoms with Gasteiger partial charge >= 0.3 is 0 Å². The lowest BCUT2D eigenvalue weighted by Gasteiger charge is -1.97. The molecule has 1 aromatic heterocycles. The van der Waals surface area contributed by atoms with E-state index in [-0.39, 0.29) is 0 Å². The molecule has 16 heavy (non-hydrogen) atoms. The van der Waals surface area contributed by atoms with Crippen LogP contribution in [0.2, 0.25) is 0 Å². The highest BCUT2D eigenvalue weighted by atomic mass is 32.1. The average molecular weight is 238 g/mol. The molecule has 1 N–H and O–H groups in total. The van der Waals surface area contributed by atoms with Crippen LogP contribution in [0.4, 0.5) is 0 Å². The zero-order valence-electron chi connectivity index (χ0n) is 10.1. The van der Waals surface area contributed by atoms with Gasteiger partial charge in [0.25, 0.3) is 0 Å². The standard InChI is InChI=1S/C7H6N4S.2C2H6/c12-7-8-9-10-11(7)6-4-2-1-3-5-6;2*1-2/h1-5H,(H,8,10,12);2*1-2H3. The number of hydrogen-bond acceptors (Lipinski definition) is 3. The van der Waals surface area contributed by atoms with E-state index in [1.165, 1.54) is 0 Å². The molecular weight excluding hydrogens is 220 g/mol. The lowest BCUT2D eigenvalue weighted by molar-refractivity contribution is 0.786. The molecule has 1 heterocycles. The topological polar surface area (TPSA) is 46.5 Å². The van der Waals surface area contributed by atoms with Gasteiger partial charge in [0, 0.05) is 0 Å². The minimum Gasteiger partial charge on any atom is -0.210 e. The Bertz CT molecular complexity index is 419. The van der Waals surface area contributed by atoms with E-state index in [2.05, 4.69) is 15.5 Å². The third kappa shape index (κ3) is 3.94. The van der Waals surface area contributed by atoms with Crippen LogP contribution in [0.3, 0.4) is 0 Å². The van der Waals surface area contributed by atoms with E-state index in [1.54, 1.807) is 4.68 Å². The molecular formula is C11H18N4S. The molecule has 2 aromatic rings. The summed E-state index contributed by atoms with van der Waals surface area (Å²) in [5.41, 5.74) is 0.938. The first-order chi connectivity index (χ1) is 7.88. The predicted molar refractivity (Wildman–Crippen MR) is 69.2 cm³/mol. The SMILES string of the molecule is CC.CC.S=c1nn[nH]n1-c1ccccc1. The molecule has 0 radical (unpaired) electrons. The van der Waals surface area contributed by atoms with Crippen molar-refractivity contribution in [2.24, 2.45) is 0 Å². The summed E-state index contributed by atoms with van der Waals surface area (Å²) in [6.07, 6.45) is 0. The fraction of sp³-hybridized carbons (Fsp3) is 0.364. The maximum Gasteiger partial charge on any atom is 0.242 e. The van der Waals surface area contributed by atoms with Crippen LogP contribution in [0.5, 0.6) is 0 Å². The third-order valence-corrected chi connectivity index (χ3v) is 1.75. The number of nitrogens with one attached hydrogen (secondary N) is 1. The van der Waals surface area contributed by atoms with Gasteiger partial charge in [0.15, 0.2) is 0 Å². The second-order valence-electron chi connectivity index (χ2n) is 2.25. The lowest BCUT2D eigenvalue weighted by atomic mass is 10.3. The second-order valence-corrected chi connectivity index (χ2v) is 2.62. The van der Waals surface area contributed by atoms with E-state index >= 15 is 0 Å². The molecule has 0 amide bonds. The van der Waals surface area contributed by atoms with Crippen LogP contribution in [0.1, 0.15) is 27.7 Å².